The zero-order valence-corrected chi connectivity index (χ0v) is 11.0. The smallest absolute Gasteiger partial charge is 0.0898 e. The highest BCUT2D eigenvalue weighted by atomic mass is 16.6. The van der Waals surface area contributed by atoms with E-state index in [0.717, 1.165) is 12.8 Å². The highest BCUT2D eigenvalue weighted by molar-refractivity contribution is 5.12. The Balaban J connectivity index is 2.12. The van der Waals surface area contributed by atoms with Gasteiger partial charge in [0.15, 0.2) is 0 Å². The van der Waals surface area contributed by atoms with Crippen LogP contribution in [0, 0.1) is 5.41 Å². The van der Waals surface area contributed by atoms with E-state index < -0.39 is 0 Å². The highest BCUT2D eigenvalue weighted by Crippen LogP contribution is 2.44. The number of ether oxygens (including phenoxy) is 1. The second kappa shape index (κ2) is 4.37. The van der Waals surface area contributed by atoms with Gasteiger partial charge in [-0.2, -0.15) is 0 Å². The van der Waals surface area contributed by atoms with Crippen LogP contribution < -0.4 is 0 Å². The van der Waals surface area contributed by atoms with Gasteiger partial charge in [-0.15, -0.1) is 0 Å². The molecule has 1 heteroatoms. The minimum Gasteiger partial charge on any atom is -0.369 e. The summed E-state index contributed by atoms with van der Waals surface area (Å²) in [5, 5.41) is 0. The van der Waals surface area contributed by atoms with Gasteiger partial charge in [-0.1, -0.05) is 37.1 Å². The molecule has 1 heterocycles. The van der Waals surface area contributed by atoms with Gasteiger partial charge in [-0.25, -0.2) is 0 Å². The van der Waals surface area contributed by atoms with E-state index in [1.807, 2.05) is 0 Å². The molecule has 0 bridgehead atoms. The van der Waals surface area contributed by atoms with Crippen molar-refractivity contribution < 1.29 is 4.74 Å². The van der Waals surface area contributed by atoms with Gasteiger partial charge in [0.05, 0.1) is 12.2 Å². The van der Waals surface area contributed by atoms with E-state index in [4.69, 9.17) is 4.74 Å². The molecule has 2 atom stereocenters. The van der Waals surface area contributed by atoms with Gasteiger partial charge in [0.1, 0.15) is 0 Å². The highest BCUT2D eigenvalue weighted by Gasteiger charge is 2.48. The first kappa shape index (κ1) is 11.9. The third-order valence-electron chi connectivity index (χ3n) is 3.88. The fraction of sp³-hybridized carbons (Fsp3) is 0.733. The van der Waals surface area contributed by atoms with Crippen LogP contribution in [0.25, 0.3) is 0 Å². The first-order valence-electron chi connectivity index (χ1n) is 6.46. The molecule has 0 spiro atoms. The Labute approximate surface area is 99.6 Å². The maximum atomic E-state index is 5.84. The molecule has 1 aliphatic heterocycles. The summed E-state index contributed by atoms with van der Waals surface area (Å²) in [7, 11) is 0. The zero-order chi connectivity index (χ0) is 11.8. The number of epoxide rings is 1. The average Bonchev–Trinajstić information content (AvgIpc) is 2.94. The molecule has 1 saturated heterocycles. The van der Waals surface area contributed by atoms with Crippen LogP contribution in [0.3, 0.4) is 0 Å². The van der Waals surface area contributed by atoms with Crippen LogP contribution in [0.4, 0.5) is 0 Å². The summed E-state index contributed by atoms with van der Waals surface area (Å²) >= 11 is 0. The molecule has 1 nitrogen and oxygen atoms in total. The monoisotopic (exact) mass is 220 g/mol. The fourth-order valence-corrected chi connectivity index (χ4v) is 2.59. The van der Waals surface area contributed by atoms with Crippen molar-refractivity contribution in [2.24, 2.45) is 5.41 Å². The van der Waals surface area contributed by atoms with Gasteiger partial charge < -0.3 is 4.74 Å². The van der Waals surface area contributed by atoms with Crippen molar-refractivity contribution in [1.82, 2.24) is 0 Å². The Morgan fingerprint density at radius 3 is 2.69 bits per heavy atom. The Bertz CT molecular complexity index is 322. The van der Waals surface area contributed by atoms with Crippen molar-refractivity contribution in [3.63, 3.8) is 0 Å². The lowest BCUT2D eigenvalue weighted by atomic mass is 9.82. The minimum absolute atomic E-state index is 0.302. The summed E-state index contributed by atoms with van der Waals surface area (Å²) in [6, 6.07) is 0. The molecule has 0 radical (unpaired) electrons. The van der Waals surface area contributed by atoms with Gasteiger partial charge in [-0.3, -0.25) is 0 Å². The molecular weight excluding hydrogens is 196 g/mol. The van der Waals surface area contributed by atoms with Crippen molar-refractivity contribution in [2.75, 3.05) is 0 Å². The molecule has 16 heavy (non-hydrogen) atoms. The first-order chi connectivity index (χ1) is 7.49. The number of allylic oxidation sites excluding steroid dienone is 3. The Hall–Kier alpha value is -0.560. The standard InChI is InChI=1S/C15H24O/c1-11-6-5-7-12(2)10-13-14(16-13)15(3,4)9-8-11/h7-8,13-14H,5-6,9-10H2,1-4H3/b11-8+,12-7+/t13-,14+/m1/s1. The van der Waals surface area contributed by atoms with Gasteiger partial charge in [-0.05, 0) is 44.9 Å². The molecule has 1 aliphatic carbocycles. The summed E-state index contributed by atoms with van der Waals surface area (Å²) in [4.78, 5) is 0. The summed E-state index contributed by atoms with van der Waals surface area (Å²) < 4.78 is 5.84. The quantitative estimate of drug-likeness (QED) is 0.439. The largest absolute Gasteiger partial charge is 0.369 e. The lowest BCUT2D eigenvalue weighted by Crippen LogP contribution is -2.20. The number of fused-ring (bicyclic) bond motifs is 1. The van der Waals surface area contributed by atoms with E-state index in [1.165, 1.54) is 24.0 Å². The van der Waals surface area contributed by atoms with Crippen LogP contribution in [0.1, 0.15) is 53.4 Å². The molecule has 0 N–H and O–H groups in total. The number of hydrogen-bond acceptors (Lipinski definition) is 1. The second-order valence-corrected chi connectivity index (χ2v) is 6.13. The van der Waals surface area contributed by atoms with Crippen molar-refractivity contribution in [3.8, 4) is 0 Å². The van der Waals surface area contributed by atoms with Crippen molar-refractivity contribution >= 4 is 0 Å². The summed E-state index contributed by atoms with van der Waals surface area (Å²) in [5.41, 5.74) is 3.32. The normalized spacial score (nSPS) is 40.8. The SMILES string of the molecule is C/C1=C\CC(C)(C)[C@H]2O[C@@H]2C/C(C)=C/CC1. The van der Waals surface area contributed by atoms with Crippen LogP contribution in [0.15, 0.2) is 23.3 Å². The van der Waals surface area contributed by atoms with E-state index in [2.05, 4.69) is 39.8 Å². The van der Waals surface area contributed by atoms with Crippen molar-refractivity contribution in [3.05, 3.63) is 23.3 Å². The third-order valence-corrected chi connectivity index (χ3v) is 3.88. The van der Waals surface area contributed by atoms with Crippen LogP contribution >= 0.6 is 0 Å². The first-order valence-corrected chi connectivity index (χ1v) is 6.46. The molecule has 1 fully saturated rings. The van der Waals surface area contributed by atoms with Gasteiger partial charge in [0.2, 0.25) is 0 Å². The van der Waals surface area contributed by atoms with E-state index in [9.17, 15) is 0 Å². The van der Waals surface area contributed by atoms with Crippen LogP contribution in [0.2, 0.25) is 0 Å². The van der Waals surface area contributed by atoms with Gasteiger partial charge in [0, 0.05) is 0 Å². The van der Waals surface area contributed by atoms with Crippen LogP contribution in [-0.4, -0.2) is 12.2 Å². The molecule has 0 aromatic rings. The summed E-state index contributed by atoms with van der Waals surface area (Å²) in [6.07, 6.45) is 10.4. The van der Waals surface area contributed by atoms with E-state index in [0.29, 0.717) is 17.6 Å². The summed E-state index contributed by atoms with van der Waals surface area (Å²) in [5.74, 6) is 0. The average molecular weight is 220 g/mol. The maximum absolute atomic E-state index is 5.84. The summed E-state index contributed by atoms with van der Waals surface area (Å²) in [6.45, 7) is 9.15. The number of rotatable bonds is 0. The molecule has 0 aromatic carbocycles. The molecule has 0 amide bonds. The van der Waals surface area contributed by atoms with Crippen LogP contribution in [-0.2, 0) is 4.74 Å². The molecule has 2 aliphatic rings. The van der Waals surface area contributed by atoms with E-state index >= 15 is 0 Å². The molecule has 2 rings (SSSR count). The number of hydrogen-bond donors (Lipinski definition) is 0. The molecule has 0 unspecified atom stereocenters. The lowest BCUT2D eigenvalue weighted by Gasteiger charge is -2.20. The minimum atomic E-state index is 0.302. The van der Waals surface area contributed by atoms with E-state index in [-0.39, 0.29) is 0 Å². The Kier molecular flexibility index (Phi) is 3.25. The zero-order valence-electron chi connectivity index (χ0n) is 11.0. The molecule has 0 saturated carbocycles. The second-order valence-electron chi connectivity index (χ2n) is 6.13. The van der Waals surface area contributed by atoms with Crippen molar-refractivity contribution in [2.45, 2.75) is 65.6 Å². The topological polar surface area (TPSA) is 12.5 Å². The molecule has 0 aromatic heterocycles. The van der Waals surface area contributed by atoms with Gasteiger partial charge in [0.25, 0.3) is 0 Å². The maximum Gasteiger partial charge on any atom is 0.0898 e. The lowest BCUT2D eigenvalue weighted by molar-refractivity contribution is 0.241. The van der Waals surface area contributed by atoms with E-state index in [1.54, 1.807) is 0 Å². The van der Waals surface area contributed by atoms with Crippen LogP contribution in [0.5, 0.6) is 0 Å². The predicted molar refractivity (Wildman–Crippen MR) is 68.4 cm³/mol. The van der Waals surface area contributed by atoms with Gasteiger partial charge >= 0.3 is 0 Å². The molecule has 90 valence electrons. The predicted octanol–water partition coefficient (Wildman–Crippen LogP) is 4.25. The Morgan fingerprint density at radius 1 is 1.19 bits per heavy atom. The Morgan fingerprint density at radius 2 is 1.94 bits per heavy atom. The third kappa shape index (κ3) is 2.76. The fourth-order valence-electron chi connectivity index (χ4n) is 2.59. The molecular formula is C15H24O. The van der Waals surface area contributed by atoms with Crippen molar-refractivity contribution in [1.29, 1.82) is 0 Å².